The minimum atomic E-state index is 0.248. The lowest BCUT2D eigenvalue weighted by atomic mass is 10.0. The molecule has 100 valence electrons. The highest BCUT2D eigenvalue weighted by atomic mass is 35.5. The maximum atomic E-state index is 9.30. The molecule has 0 radical (unpaired) electrons. The van der Waals surface area contributed by atoms with Gasteiger partial charge in [0.05, 0.1) is 15.6 Å². The van der Waals surface area contributed by atoms with E-state index in [0.29, 0.717) is 21.5 Å². The lowest BCUT2D eigenvalue weighted by molar-refractivity contribution is 1.02. The summed E-state index contributed by atoms with van der Waals surface area (Å²) in [4.78, 5) is 4.32. The van der Waals surface area contributed by atoms with Gasteiger partial charge >= 0.3 is 0 Å². The third-order valence-electron chi connectivity index (χ3n) is 3.33. The molecule has 0 amide bonds. The minimum Gasteiger partial charge on any atom is -0.239 e. The highest BCUT2D eigenvalue weighted by Gasteiger charge is 2.27. The number of pyridine rings is 1. The molecule has 1 aliphatic carbocycles. The first-order chi connectivity index (χ1) is 9.60. The highest BCUT2D eigenvalue weighted by molar-refractivity contribution is 6.42. The first-order valence-corrected chi connectivity index (χ1v) is 7.29. The summed E-state index contributed by atoms with van der Waals surface area (Å²) in [6.07, 6.45) is 2.24. The van der Waals surface area contributed by atoms with Gasteiger partial charge < -0.3 is 0 Å². The van der Waals surface area contributed by atoms with Crippen LogP contribution in [0.5, 0.6) is 0 Å². The van der Waals surface area contributed by atoms with Crippen molar-refractivity contribution in [2.24, 2.45) is 0 Å². The smallest absolute Gasteiger partial charge is 0.147 e. The van der Waals surface area contributed by atoms with Crippen LogP contribution in [0.25, 0.3) is 11.1 Å². The predicted octanol–water partition coefficient (Wildman–Crippen LogP) is 5.46. The Labute approximate surface area is 131 Å². The molecule has 1 saturated carbocycles. The third-order valence-corrected chi connectivity index (χ3v) is 4.35. The number of hydrogen-bond donors (Lipinski definition) is 0. The number of halogens is 3. The lowest BCUT2D eigenvalue weighted by Crippen LogP contribution is -1.95. The lowest BCUT2D eigenvalue weighted by Gasteiger charge is -2.09. The maximum Gasteiger partial charge on any atom is 0.147 e. The standard InChI is InChI=1S/C15H9Cl3N2/c16-12-4-3-9(5-13(12)17)10-6-14(8-1-2-8)20-15(18)11(10)7-19/h3-6,8H,1-2H2. The number of aromatic nitrogens is 1. The molecule has 2 aromatic rings. The van der Waals surface area contributed by atoms with Crippen molar-refractivity contribution in [2.45, 2.75) is 18.8 Å². The summed E-state index contributed by atoms with van der Waals surface area (Å²) in [6.45, 7) is 0. The summed E-state index contributed by atoms with van der Waals surface area (Å²) in [7, 11) is 0. The topological polar surface area (TPSA) is 36.7 Å². The average Bonchev–Trinajstić information content (AvgIpc) is 3.25. The first kappa shape index (κ1) is 13.7. The molecule has 0 spiro atoms. The highest BCUT2D eigenvalue weighted by Crippen LogP contribution is 2.42. The van der Waals surface area contributed by atoms with Gasteiger partial charge in [-0.25, -0.2) is 4.98 Å². The second kappa shape index (κ2) is 5.26. The number of nitrogens with zero attached hydrogens (tertiary/aromatic N) is 2. The van der Waals surface area contributed by atoms with E-state index in [1.165, 1.54) is 0 Å². The van der Waals surface area contributed by atoms with Crippen molar-refractivity contribution in [3.8, 4) is 17.2 Å². The van der Waals surface area contributed by atoms with Gasteiger partial charge in [0, 0.05) is 17.2 Å². The van der Waals surface area contributed by atoms with E-state index >= 15 is 0 Å². The second-order valence-corrected chi connectivity index (χ2v) is 5.95. The second-order valence-electron chi connectivity index (χ2n) is 4.78. The van der Waals surface area contributed by atoms with E-state index in [4.69, 9.17) is 34.8 Å². The molecule has 1 aromatic carbocycles. The zero-order valence-electron chi connectivity index (χ0n) is 10.3. The molecule has 5 heteroatoms. The van der Waals surface area contributed by atoms with Crippen molar-refractivity contribution in [2.75, 3.05) is 0 Å². The van der Waals surface area contributed by atoms with Crippen molar-refractivity contribution in [1.82, 2.24) is 4.98 Å². The molecule has 2 nitrogen and oxygen atoms in total. The maximum absolute atomic E-state index is 9.30. The Hall–Kier alpha value is -1.27. The summed E-state index contributed by atoms with van der Waals surface area (Å²) in [5.74, 6) is 0.460. The fourth-order valence-corrected chi connectivity index (χ4v) is 2.66. The van der Waals surface area contributed by atoms with Gasteiger partial charge in [-0.3, -0.25) is 0 Å². The van der Waals surface area contributed by atoms with Crippen LogP contribution in [0.15, 0.2) is 24.3 Å². The molecule has 0 bridgehead atoms. The molecule has 1 fully saturated rings. The molecule has 1 aromatic heterocycles. The van der Waals surface area contributed by atoms with E-state index in [2.05, 4.69) is 11.1 Å². The van der Waals surface area contributed by atoms with Crippen LogP contribution in [0.3, 0.4) is 0 Å². The van der Waals surface area contributed by atoms with Crippen LogP contribution in [-0.4, -0.2) is 4.98 Å². The van der Waals surface area contributed by atoms with Crippen LogP contribution < -0.4 is 0 Å². The van der Waals surface area contributed by atoms with E-state index in [0.717, 1.165) is 29.7 Å². The predicted molar refractivity (Wildman–Crippen MR) is 81.4 cm³/mol. The summed E-state index contributed by atoms with van der Waals surface area (Å²) in [5.41, 5.74) is 2.89. The van der Waals surface area contributed by atoms with Gasteiger partial charge in [-0.05, 0) is 36.6 Å². The Morgan fingerprint density at radius 3 is 2.45 bits per heavy atom. The molecule has 3 rings (SSSR count). The SMILES string of the molecule is N#Cc1c(-c2ccc(Cl)c(Cl)c2)cc(C2CC2)nc1Cl. The molecule has 0 aliphatic heterocycles. The van der Waals surface area contributed by atoms with Crippen LogP contribution in [0.4, 0.5) is 0 Å². The summed E-state index contributed by atoms with van der Waals surface area (Å²) in [5, 5.41) is 10.5. The van der Waals surface area contributed by atoms with Crippen LogP contribution in [0.2, 0.25) is 15.2 Å². The Morgan fingerprint density at radius 2 is 1.85 bits per heavy atom. The van der Waals surface area contributed by atoms with Crippen LogP contribution in [-0.2, 0) is 0 Å². The summed E-state index contributed by atoms with van der Waals surface area (Å²) < 4.78 is 0. The van der Waals surface area contributed by atoms with E-state index in [9.17, 15) is 5.26 Å². The van der Waals surface area contributed by atoms with Crippen molar-refractivity contribution < 1.29 is 0 Å². The van der Waals surface area contributed by atoms with Gasteiger partial charge in [0.2, 0.25) is 0 Å². The summed E-state index contributed by atoms with van der Waals surface area (Å²) >= 11 is 18.1. The Balaban J connectivity index is 2.20. The van der Waals surface area contributed by atoms with Crippen molar-refractivity contribution >= 4 is 34.8 Å². The van der Waals surface area contributed by atoms with E-state index in [1.54, 1.807) is 12.1 Å². The van der Waals surface area contributed by atoms with Crippen LogP contribution in [0, 0.1) is 11.3 Å². The monoisotopic (exact) mass is 322 g/mol. The van der Waals surface area contributed by atoms with Crippen molar-refractivity contribution in [1.29, 1.82) is 5.26 Å². The minimum absolute atomic E-state index is 0.248. The average molecular weight is 324 g/mol. The van der Waals surface area contributed by atoms with Gasteiger partial charge in [-0.15, -0.1) is 0 Å². The van der Waals surface area contributed by atoms with Gasteiger partial charge in [0.25, 0.3) is 0 Å². The summed E-state index contributed by atoms with van der Waals surface area (Å²) in [6, 6.07) is 9.33. The van der Waals surface area contributed by atoms with Gasteiger partial charge in [-0.2, -0.15) is 5.26 Å². The number of nitriles is 1. The molecule has 0 unspecified atom stereocenters. The quantitative estimate of drug-likeness (QED) is 0.688. The fourth-order valence-electron chi connectivity index (χ4n) is 2.12. The molecule has 1 heterocycles. The van der Waals surface area contributed by atoms with Crippen LogP contribution in [0.1, 0.15) is 30.0 Å². The fraction of sp³-hybridized carbons (Fsp3) is 0.200. The van der Waals surface area contributed by atoms with E-state index in [1.807, 2.05) is 12.1 Å². The van der Waals surface area contributed by atoms with Gasteiger partial charge in [-0.1, -0.05) is 40.9 Å². The Morgan fingerprint density at radius 1 is 1.10 bits per heavy atom. The van der Waals surface area contributed by atoms with Gasteiger partial charge in [0.1, 0.15) is 11.2 Å². The Kier molecular flexibility index (Phi) is 3.60. The zero-order valence-corrected chi connectivity index (χ0v) is 12.6. The zero-order chi connectivity index (χ0) is 14.3. The molecule has 0 atom stereocenters. The number of benzene rings is 1. The molecule has 1 aliphatic rings. The molecule has 0 N–H and O–H groups in total. The van der Waals surface area contributed by atoms with Gasteiger partial charge in [0.15, 0.2) is 0 Å². The first-order valence-electron chi connectivity index (χ1n) is 6.16. The Bertz CT molecular complexity index is 731. The van der Waals surface area contributed by atoms with E-state index in [-0.39, 0.29) is 5.15 Å². The number of rotatable bonds is 2. The largest absolute Gasteiger partial charge is 0.239 e. The van der Waals surface area contributed by atoms with Crippen molar-refractivity contribution in [3.05, 3.63) is 50.7 Å². The molecular weight excluding hydrogens is 315 g/mol. The third kappa shape index (κ3) is 2.50. The molecular formula is C15H9Cl3N2. The normalized spacial score (nSPS) is 14.1. The van der Waals surface area contributed by atoms with E-state index < -0.39 is 0 Å². The van der Waals surface area contributed by atoms with Crippen molar-refractivity contribution in [3.63, 3.8) is 0 Å². The number of hydrogen-bond acceptors (Lipinski definition) is 2. The molecule has 20 heavy (non-hydrogen) atoms. The van der Waals surface area contributed by atoms with Crippen LogP contribution >= 0.6 is 34.8 Å². The molecule has 0 saturated heterocycles.